The number of ether oxygens (including phenoxy) is 1. The van der Waals surface area contributed by atoms with Crippen molar-refractivity contribution in [2.24, 2.45) is 0 Å². The first-order chi connectivity index (χ1) is 14.2. The molecule has 2 atom stereocenters. The lowest BCUT2D eigenvalue weighted by Crippen LogP contribution is -2.29. The summed E-state index contributed by atoms with van der Waals surface area (Å²) < 4.78 is 13.0. The molecule has 1 aliphatic heterocycles. The second kappa shape index (κ2) is 8.32. The first-order valence-corrected chi connectivity index (χ1v) is 11.3. The minimum atomic E-state index is -0.202. The number of hydrogen-bond acceptors (Lipinski definition) is 7. The Morgan fingerprint density at radius 3 is 2.80 bits per heavy atom. The maximum atomic E-state index is 13.3. The number of hydrogen-bond donors (Lipinski definition) is 0. The molecule has 1 fully saturated rings. The molecule has 0 spiro atoms. The highest BCUT2D eigenvalue weighted by Crippen LogP contribution is 2.34. The molecule has 2 aromatic heterocycles. The van der Waals surface area contributed by atoms with Crippen LogP contribution in [-0.2, 0) is 16.7 Å². The second-order valence-electron chi connectivity index (χ2n) is 8.57. The Morgan fingerprint density at radius 1 is 1.33 bits per heavy atom. The molecule has 0 aliphatic carbocycles. The van der Waals surface area contributed by atoms with E-state index in [9.17, 15) is 4.79 Å². The van der Waals surface area contributed by atoms with Crippen molar-refractivity contribution >= 4 is 34.3 Å². The van der Waals surface area contributed by atoms with Crippen LogP contribution in [0.2, 0.25) is 5.02 Å². The summed E-state index contributed by atoms with van der Waals surface area (Å²) >= 11 is 7.56. The molecular formula is C21H25ClN4O3S. The van der Waals surface area contributed by atoms with Crippen LogP contribution in [0.1, 0.15) is 57.5 Å². The molecule has 0 saturated carbocycles. The Balaban J connectivity index is 1.72. The van der Waals surface area contributed by atoms with E-state index in [2.05, 4.69) is 10.1 Å². The van der Waals surface area contributed by atoms with Crippen molar-refractivity contribution in [2.75, 3.05) is 6.61 Å². The number of rotatable bonds is 5. The van der Waals surface area contributed by atoms with E-state index < -0.39 is 0 Å². The SMILES string of the molecule is C[C@H](Sc1nc2cc(Cl)ccc2c(=O)n1C[C@@H]1CCCO1)c1nc(C(C)(C)C)no1. The van der Waals surface area contributed by atoms with Gasteiger partial charge in [0.1, 0.15) is 0 Å². The van der Waals surface area contributed by atoms with Crippen LogP contribution in [0.15, 0.2) is 32.7 Å². The summed E-state index contributed by atoms with van der Waals surface area (Å²) in [6.07, 6.45) is 1.95. The number of fused-ring (bicyclic) bond motifs is 1. The van der Waals surface area contributed by atoms with Gasteiger partial charge < -0.3 is 9.26 Å². The third-order valence-electron chi connectivity index (χ3n) is 5.04. The maximum absolute atomic E-state index is 13.3. The fraction of sp³-hybridized carbons (Fsp3) is 0.524. The van der Waals surface area contributed by atoms with Crippen molar-refractivity contribution in [1.82, 2.24) is 19.7 Å². The summed E-state index contributed by atoms with van der Waals surface area (Å²) in [5, 5.41) is 5.61. The highest BCUT2D eigenvalue weighted by atomic mass is 35.5. The third-order valence-corrected chi connectivity index (χ3v) is 6.35. The van der Waals surface area contributed by atoms with Gasteiger partial charge in [0.05, 0.1) is 28.8 Å². The lowest BCUT2D eigenvalue weighted by Gasteiger charge is -2.17. The Kier molecular flexibility index (Phi) is 5.92. The van der Waals surface area contributed by atoms with E-state index in [1.165, 1.54) is 11.8 Å². The van der Waals surface area contributed by atoms with Crippen LogP contribution >= 0.6 is 23.4 Å². The molecule has 4 rings (SSSR count). The van der Waals surface area contributed by atoms with Crippen LogP contribution in [0.3, 0.4) is 0 Å². The number of nitrogens with zero attached hydrogens (tertiary/aromatic N) is 4. The minimum absolute atomic E-state index is 0.0137. The van der Waals surface area contributed by atoms with Gasteiger partial charge in [0.25, 0.3) is 5.56 Å². The fourth-order valence-electron chi connectivity index (χ4n) is 3.33. The Labute approximate surface area is 184 Å². The summed E-state index contributed by atoms with van der Waals surface area (Å²) in [7, 11) is 0. The van der Waals surface area contributed by atoms with E-state index >= 15 is 0 Å². The predicted octanol–water partition coefficient (Wildman–Crippen LogP) is 4.76. The Morgan fingerprint density at radius 2 is 2.13 bits per heavy atom. The minimum Gasteiger partial charge on any atom is -0.376 e. The van der Waals surface area contributed by atoms with Gasteiger partial charge in [-0.05, 0) is 38.0 Å². The van der Waals surface area contributed by atoms with Crippen molar-refractivity contribution in [3.63, 3.8) is 0 Å². The molecule has 0 radical (unpaired) electrons. The zero-order chi connectivity index (χ0) is 21.5. The molecule has 0 unspecified atom stereocenters. The lowest BCUT2D eigenvalue weighted by atomic mass is 9.96. The highest BCUT2D eigenvalue weighted by Gasteiger charge is 2.26. The van der Waals surface area contributed by atoms with Crippen molar-refractivity contribution in [3.05, 3.63) is 45.3 Å². The average Bonchev–Trinajstić information content (AvgIpc) is 3.36. The fourth-order valence-corrected chi connectivity index (χ4v) is 4.45. The number of halogens is 1. The summed E-state index contributed by atoms with van der Waals surface area (Å²) in [4.78, 5) is 22.6. The predicted molar refractivity (Wildman–Crippen MR) is 117 cm³/mol. The van der Waals surface area contributed by atoms with E-state index in [4.69, 9.17) is 25.8 Å². The maximum Gasteiger partial charge on any atom is 0.262 e. The molecule has 0 amide bonds. The molecule has 3 aromatic rings. The van der Waals surface area contributed by atoms with Crippen molar-refractivity contribution in [1.29, 1.82) is 0 Å². The molecule has 3 heterocycles. The normalized spacial score (nSPS) is 18.2. The van der Waals surface area contributed by atoms with Crippen LogP contribution in [0.4, 0.5) is 0 Å². The molecule has 9 heteroatoms. The first-order valence-electron chi connectivity index (χ1n) is 10.0. The summed E-state index contributed by atoms with van der Waals surface area (Å²) in [6, 6.07) is 5.16. The zero-order valence-electron chi connectivity index (χ0n) is 17.5. The zero-order valence-corrected chi connectivity index (χ0v) is 19.1. The van der Waals surface area contributed by atoms with Gasteiger partial charge in [-0.3, -0.25) is 9.36 Å². The van der Waals surface area contributed by atoms with Crippen molar-refractivity contribution < 1.29 is 9.26 Å². The van der Waals surface area contributed by atoms with Crippen LogP contribution in [0.25, 0.3) is 10.9 Å². The molecule has 1 aromatic carbocycles. The smallest absolute Gasteiger partial charge is 0.262 e. The van der Waals surface area contributed by atoms with E-state index in [1.54, 1.807) is 22.8 Å². The van der Waals surface area contributed by atoms with E-state index in [0.717, 1.165) is 19.4 Å². The van der Waals surface area contributed by atoms with E-state index in [0.29, 0.717) is 39.3 Å². The van der Waals surface area contributed by atoms with E-state index in [1.807, 2.05) is 27.7 Å². The molecule has 0 N–H and O–H groups in total. The summed E-state index contributed by atoms with van der Waals surface area (Å²) in [5.74, 6) is 1.16. The topological polar surface area (TPSA) is 83.0 Å². The second-order valence-corrected chi connectivity index (χ2v) is 10.3. The molecule has 30 heavy (non-hydrogen) atoms. The van der Waals surface area contributed by atoms with Gasteiger partial charge in [0.15, 0.2) is 11.0 Å². The third kappa shape index (κ3) is 4.40. The van der Waals surface area contributed by atoms with Gasteiger partial charge in [0.2, 0.25) is 5.89 Å². The average molecular weight is 449 g/mol. The van der Waals surface area contributed by atoms with Gasteiger partial charge in [-0.2, -0.15) is 4.98 Å². The Hall–Kier alpha value is -1.90. The van der Waals surface area contributed by atoms with Crippen molar-refractivity contribution in [2.45, 2.75) is 69.0 Å². The molecular weight excluding hydrogens is 424 g/mol. The Bertz CT molecular complexity index is 1120. The van der Waals surface area contributed by atoms with Gasteiger partial charge >= 0.3 is 0 Å². The molecule has 160 valence electrons. The van der Waals surface area contributed by atoms with Crippen molar-refractivity contribution in [3.8, 4) is 0 Å². The molecule has 0 bridgehead atoms. The van der Waals surface area contributed by atoms with Gasteiger partial charge in [-0.1, -0.05) is 49.3 Å². The highest BCUT2D eigenvalue weighted by molar-refractivity contribution is 7.99. The van der Waals surface area contributed by atoms with Crippen LogP contribution in [-0.4, -0.2) is 32.4 Å². The first kappa shape index (κ1) is 21.3. The van der Waals surface area contributed by atoms with Gasteiger partial charge in [0, 0.05) is 17.0 Å². The van der Waals surface area contributed by atoms with Crippen LogP contribution < -0.4 is 5.56 Å². The summed E-state index contributed by atoms with van der Waals surface area (Å²) in [5.41, 5.74) is 0.279. The lowest BCUT2D eigenvalue weighted by molar-refractivity contribution is 0.0937. The number of benzene rings is 1. The molecule has 7 nitrogen and oxygen atoms in total. The van der Waals surface area contributed by atoms with Crippen LogP contribution in [0, 0.1) is 0 Å². The monoisotopic (exact) mass is 448 g/mol. The largest absolute Gasteiger partial charge is 0.376 e. The van der Waals surface area contributed by atoms with Gasteiger partial charge in [-0.15, -0.1) is 0 Å². The number of aromatic nitrogens is 4. The van der Waals surface area contributed by atoms with E-state index in [-0.39, 0.29) is 22.3 Å². The van der Waals surface area contributed by atoms with Crippen LogP contribution in [0.5, 0.6) is 0 Å². The quantitative estimate of drug-likeness (QED) is 0.411. The standard InChI is InChI=1S/C21H25ClN4O3S/c1-12(17-24-19(25-29-17)21(2,3)4)30-20-23-16-10-13(22)7-8-15(16)18(27)26(20)11-14-6-5-9-28-14/h7-8,10,12,14H,5-6,9,11H2,1-4H3/t12-,14-/m0/s1. The number of thioether (sulfide) groups is 1. The molecule has 1 aliphatic rings. The molecule has 1 saturated heterocycles. The summed E-state index contributed by atoms with van der Waals surface area (Å²) in [6.45, 7) is 9.27. The van der Waals surface area contributed by atoms with Gasteiger partial charge in [-0.25, -0.2) is 4.98 Å².